The summed E-state index contributed by atoms with van der Waals surface area (Å²) in [6.45, 7) is 0.0893. The molecule has 0 heterocycles. The summed E-state index contributed by atoms with van der Waals surface area (Å²) >= 11 is 0. The molecule has 2 rings (SSSR count). The zero-order valence-electron chi connectivity index (χ0n) is 12.8. The van der Waals surface area contributed by atoms with Gasteiger partial charge in [-0.2, -0.15) is 0 Å². The van der Waals surface area contributed by atoms with E-state index in [1.54, 1.807) is 25.3 Å². The Kier molecular flexibility index (Phi) is 5.77. The van der Waals surface area contributed by atoms with Crippen LogP contribution in [0.5, 0.6) is 11.5 Å². The van der Waals surface area contributed by atoms with Crippen molar-refractivity contribution in [2.24, 2.45) is 0 Å². The van der Waals surface area contributed by atoms with Gasteiger partial charge in [0.25, 0.3) is 0 Å². The van der Waals surface area contributed by atoms with Gasteiger partial charge in [-0.3, -0.25) is 4.79 Å². The smallest absolute Gasteiger partial charge is 0.244 e. The minimum Gasteiger partial charge on any atom is -0.508 e. The Morgan fingerprint density at radius 1 is 1.26 bits per heavy atom. The first-order valence-electron chi connectivity index (χ1n) is 7.15. The topological polar surface area (TPSA) is 78.8 Å². The van der Waals surface area contributed by atoms with Gasteiger partial charge >= 0.3 is 0 Å². The lowest BCUT2D eigenvalue weighted by Gasteiger charge is -2.11. The molecule has 0 aliphatic rings. The van der Waals surface area contributed by atoms with E-state index in [2.05, 4.69) is 5.32 Å². The average Bonchev–Trinajstić information content (AvgIpc) is 2.58. The summed E-state index contributed by atoms with van der Waals surface area (Å²) in [5.41, 5.74) is 1.47. The Hall–Kier alpha value is -2.79. The zero-order valence-corrected chi connectivity index (χ0v) is 12.8. The van der Waals surface area contributed by atoms with Gasteiger partial charge in [0.05, 0.1) is 13.2 Å². The number of rotatable bonds is 6. The van der Waals surface area contributed by atoms with Gasteiger partial charge in [0.2, 0.25) is 5.91 Å². The van der Waals surface area contributed by atoms with Crippen molar-refractivity contribution in [2.75, 3.05) is 13.7 Å². The predicted molar refractivity (Wildman–Crippen MR) is 88.1 cm³/mol. The van der Waals surface area contributed by atoms with Crippen molar-refractivity contribution in [3.63, 3.8) is 0 Å². The molecule has 0 saturated carbocycles. The van der Waals surface area contributed by atoms with E-state index in [1.165, 1.54) is 18.2 Å². The van der Waals surface area contributed by atoms with Crippen molar-refractivity contribution in [1.82, 2.24) is 5.32 Å². The standard InChI is InChI=1S/C18H19NO4/c1-23-16-4-2-3-13(11-16)5-10-18(22)19-12-17(21)14-6-8-15(20)9-7-14/h2-11,17,20-21H,12H2,1H3,(H,19,22)/b10-5+/t17-/m1/s1. The molecule has 0 unspecified atom stereocenters. The molecule has 23 heavy (non-hydrogen) atoms. The number of amides is 1. The molecule has 2 aromatic rings. The molecule has 0 fully saturated rings. The minimum absolute atomic E-state index is 0.0893. The normalized spacial score (nSPS) is 12.1. The summed E-state index contributed by atoms with van der Waals surface area (Å²) in [6, 6.07) is 13.5. The van der Waals surface area contributed by atoms with E-state index in [4.69, 9.17) is 4.74 Å². The number of carbonyl (C=O) groups excluding carboxylic acids is 1. The fourth-order valence-electron chi connectivity index (χ4n) is 1.99. The van der Waals surface area contributed by atoms with Crippen LogP contribution in [0, 0.1) is 0 Å². The van der Waals surface area contributed by atoms with Crippen LogP contribution in [-0.2, 0) is 4.79 Å². The average molecular weight is 313 g/mol. The highest BCUT2D eigenvalue weighted by molar-refractivity contribution is 5.91. The fourth-order valence-corrected chi connectivity index (χ4v) is 1.99. The van der Waals surface area contributed by atoms with E-state index < -0.39 is 6.10 Å². The number of phenols is 1. The third kappa shape index (κ3) is 5.16. The number of aliphatic hydroxyl groups is 1. The van der Waals surface area contributed by atoms with E-state index in [-0.39, 0.29) is 18.2 Å². The monoisotopic (exact) mass is 313 g/mol. The Balaban J connectivity index is 1.86. The summed E-state index contributed by atoms with van der Waals surface area (Å²) in [4.78, 5) is 11.8. The quantitative estimate of drug-likeness (QED) is 0.715. The van der Waals surface area contributed by atoms with Gasteiger partial charge in [-0.1, -0.05) is 24.3 Å². The van der Waals surface area contributed by atoms with Crippen LogP contribution in [0.15, 0.2) is 54.6 Å². The Labute approximate surface area is 134 Å². The van der Waals surface area contributed by atoms with Crippen molar-refractivity contribution in [2.45, 2.75) is 6.10 Å². The highest BCUT2D eigenvalue weighted by Crippen LogP contribution is 2.16. The highest BCUT2D eigenvalue weighted by atomic mass is 16.5. The number of nitrogens with one attached hydrogen (secondary N) is 1. The Bertz CT molecular complexity index is 680. The maximum Gasteiger partial charge on any atom is 0.244 e. The van der Waals surface area contributed by atoms with E-state index in [1.807, 2.05) is 24.3 Å². The second-order valence-corrected chi connectivity index (χ2v) is 4.96. The lowest BCUT2D eigenvalue weighted by molar-refractivity contribution is -0.116. The number of methoxy groups -OCH3 is 1. The molecule has 3 N–H and O–H groups in total. The summed E-state index contributed by atoms with van der Waals surface area (Å²) < 4.78 is 5.11. The number of aromatic hydroxyl groups is 1. The molecule has 1 amide bonds. The highest BCUT2D eigenvalue weighted by Gasteiger charge is 2.08. The van der Waals surface area contributed by atoms with Gasteiger partial charge in [-0.15, -0.1) is 0 Å². The van der Waals surface area contributed by atoms with E-state index in [0.29, 0.717) is 5.56 Å². The minimum atomic E-state index is -0.829. The molecule has 120 valence electrons. The number of hydrogen-bond donors (Lipinski definition) is 3. The molecule has 0 radical (unpaired) electrons. The van der Waals surface area contributed by atoms with E-state index >= 15 is 0 Å². The van der Waals surface area contributed by atoms with Gasteiger partial charge in [-0.25, -0.2) is 0 Å². The number of ether oxygens (including phenoxy) is 1. The van der Waals surface area contributed by atoms with Crippen LogP contribution in [0.2, 0.25) is 0 Å². The molecule has 0 spiro atoms. The van der Waals surface area contributed by atoms with Gasteiger partial charge in [0.1, 0.15) is 11.5 Å². The van der Waals surface area contributed by atoms with E-state index in [9.17, 15) is 15.0 Å². The third-order valence-electron chi connectivity index (χ3n) is 3.27. The largest absolute Gasteiger partial charge is 0.508 e. The van der Waals surface area contributed by atoms with Crippen LogP contribution in [0.4, 0.5) is 0 Å². The number of phenolic OH excluding ortho intramolecular Hbond substituents is 1. The number of carbonyl (C=O) groups is 1. The molecular formula is C18H19NO4. The van der Waals surface area contributed by atoms with E-state index in [0.717, 1.165) is 11.3 Å². The van der Waals surface area contributed by atoms with Gasteiger partial charge < -0.3 is 20.3 Å². The molecule has 5 heteroatoms. The lowest BCUT2D eigenvalue weighted by Crippen LogP contribution is -2.26. The molecule has 0 saturated heterocycles. The van der Waals surface area contributed by atoms with Crippen LogP contribution in [0.25, 0.3) is 6.08 Å². The number of aliphatic hydroxyl groups excluding tert-OH is 1. The molecule has 0 aliphatic heterocycles. The van der Waals surface area contributed by atoms with Crippen molar-refractivity contribution < 1.29 is 19.7 Å². The molecule has 0 aliphatic carbocycles. The summed E-state index contributed by atoms with van der Waals surface area (Å²) in [5.74, 6) is 0.548. The van der Waals surface area contributed by atoms with Crippen LogP contribution in [0.1, 0.15) is 17.2 Å². The first-order chi connectivity index (χ1) is 11.1. The second-order valence-electron chi connectivity index (χ2n) is 4.96. The van der Waals surface area contributed by atoms with Crippen molar-refractivity contribution >= 4 is 12.0 Å². The fraction of sp³-hybridized carbons (Fsp3) is 0.167. The van der Waals surface area contributed by atoms with Gasteiger partial charge in [0.15, 0.2) is 0 Å². The zero-order chi connectivity index (χ0) is 16.7. The Morgan fingerprint density at radius 2 is 2.00 bits per heavy atom. The Morgan fingerprint density at radius 3 is 2.70 bits per heavy atom. The van der Waals surface area contributed by atoms with Crippen molar-refractivity contribution in [1.29, 1.82) is 0 Å². The SMILES string of the molecule is COc1cccc(/C=C/C(=O)NC[C@@H](O)c2ccc(O)cc2)c1. The summed E-state index contributed by atoms with van der Waals surface area (Å²) in [6.07, 6.45) is 2.24. The molecule has 1 atom stereocenters. The lowest BCUT2D eigenvalue weighted by atomic mass is 10.1. The molecule has 5 nitrogen and oxygen atoms in total. The number of hydrogen-bond acceptors (Lipinski definition) is 4. The second kappa shape index (κ2) is 8.00. The number of benzene rings is 2. The molecule has 2 aromatic carbocycles. The maximum atomic E-state index is 11.8. The molecule has 0 bridgehead atoms. The van der Waals surface area contributed by atoms with Gasteiger partial charge in [0, 0.05) is 12.6 Å². The van der Waals surface area contributed by atoms with Crippen LogP contribution in [-0.4, -0.2) is 29.8 Å². The molecule has 0 aromatic heterocycles. The predicted octanol–water partition coefficient (Wildman–Crippen LogP) is 2.26. The van der Waals surface area contributed by atoms with Crippen LogP contribution < -0.4 is 10.1 Å². The van der Waals surface area contributed by atoms with Crippen LogP contribution in [0.3, 0.4) is 0 Å². The third-order valence-corrected chi connectivity index (χ3v) is 3.27. The summed E-state index contributed by atoms with van der Waals surface area (Å²) in [7, 11) is 1.58. The van der Waals surface area contributed by atoms with Crippen molar-refractivity contribution in [3.8, 4) is 11.5 Å². The van der Waals surface area contributed by atoms with Gasteiger partial charge in [-0.05, 0) is 41.5 Å². The van der Waals surface area contributed by atoms with Crippen molar-refractivity contribution in [3.05, 3.63) is 65.7 Å². The van der Waals surface area contributed by atoms with Crippen LogP contribution >= 0.6 is 0 Å². The first-order valence-corrected chi connectivity index (χ1v) is 7.15. The summed E-state index contributed by atoms with van der Waals surface area (Å²) in [5, 5.41) is 21.8. The molecular weight excluding hydrogens is 294 g/mol. The maximum absolute atomic E-state index is 11.8. The first kappa shape index (κ1) is 16.6.